The van der Waals surface area contributed by atoms with Gasteiger partial charge in [-0.3, -0.25) is 0 Å². The quantitative estimate of drug-likeness (QED) is 0.278. The Balaban J connectivity index is 1.67. The maximum absolute atomic E-state index is 9.67. The van der Waals surface area contributed by atoms with Crippen LogP contribution in [0.15, 0.2) is 66.7 Å². The van der Waals surface area contributed by atoms with Crippen molar-refractivity contribution in [1.82, 2.24) is 9.78 Å². The fraction of sp³-hybridized carbons (Fsp3) is 0.382. The van der Waals surface area contributed by atoms with E-state index in [0.717, 1.165) is 59.0 Å². The maximum atomic E-state index is 9.67. The highest BCUT2D eigenvalue weighted by molar-refractivity contribution is 5.71. The van der Waals surface area contributed by atoms with Crippen LogP contribution in [0.1, 0.15) is 62.6 Å². The van der Waals surface area contributed by atoms with Crippen molar-refractivity contribution >= 4 is 5.69 Å². The first kappa shape index (κ1) is 27.0. The van der Waals surface area contributed by atoms with Gasteiger partial charge in [0.2, 0.25) is 0 Å². The third kappa shape index (κ3) is 5.46. The maximum Gasteiger partial charge on any atom is 0.145 e. The van der Waals surface area contributed by atoms with E-state index in [2.05, 4.69) is 106 Å². The molecular weight excluding hydrogens is 482 g/mol. The van der Waals surface area contributed by atoms with E-state index >= 15 is 0 Å². The Morgan fingerprint density at radius 3 is 2.41 bits per heavy atom. The summed E-state index contributed by atoms with van der Waals surface area (Å²) < 4.78 is 8.45. The van der Waals surface area contributed by atoms with Gasteiger partial charge < -0.3 is 14.7 Å². The first-order valence-electron chi connectivity index (χ1n) is 14.1. The molecule has 2 heterocycles. The monoisotopic (exact) mass is 523 g/mol. The molecule has 0 unspecified atom stereocenters. The van der Waals surface area contributed by atoms with Crippen molar-refractivity contribution in [2.75, 3.05) is 18.1 Å². The lowest BCUT2D eigenvalue weighted by molar-refractivity contribution is 0.270. The van der Waals surface area contributed by atoms with Gasteiger partial charge in [0, 0.05) is 36.3 Å². The molecule has 1 aromatic heterocycles. The van der Waals surface area contributed by atoms with Crippen LogP contribution in [0.5, 0.6) is 5.75 Å². The zero-order chi connectivity index (χ0) is 27.7. The standard InChI is InChI=1S/C34H41N3O2/c1-23(2)22-39-31-13-9-10-24(3)32(31)37-33(26-16-14-25(21-38)15-17-26)27-20-36(19-18-29(27)35-37)30-12-8-7-11-28(30)34(4,5)6/h7-17,23,38H,18-22H2,1-6H3. The fourth-order valence-corrected chi connectivity index (χ4v) is 5.47. The molecule has 0 atom stereocenters. The summed E-state index contributed by atoms with van der Waals surface area (Å²) in [5.41, 5.74) is 10.3. The number of para-hydroxylation sites is 2. The van der Waals surface area contributed by atoms with Crippen molar-refractivity contribution in [3.63, 3.8) is 0 Å². The number of nitrogens with zero attached hydrogens (tertiary/aromatic N) is 3. The Hall–Kier alpha value is -3.57. The normalized spacial score (nSPS) is 13.6. The molecular formula is C34H41N3O2. The second-order valence-electron chi connectivity index (χ2n) is 12.1. The van der Waals surface area contributed by atoms with Crippen molar-refractivity contribution in [2.24, 2.45) is 5.92 Å². The summed E-state index contributed by atoms with van der Waals surface area (Å²) in [6.07, 6.45) is 0.872. The molecule has 1 aliphatic rings. The van der Waals surface area contributed by atoms with Gasteiger partial charge in [0.05, 0.1) is 24.6 Å². The Kier molecular flexibility index (Phi) is 7.55. The van der Waals surface area contributed by atoms with E-state index in [-0.39, 0.29) is 12.0 Å². The van der Waals surface area contributed by atoms with Crippen molar-refractivity contribution in [2.45, 2.75) is 66.5 Å². The van der Waals surface area contributed by atoms with E-state index in [1.807, 2.05) is 12.1 Å². The van der Waals surface area contributed by atoms with Crippen LogP contribution in [-0.4, -0.2) is 28.0 Å². The molecule has 4 aromatic rings. The number of aromatic nitrogens is 2. The summed E-state index contributed by atoms with van der Waals surface area (Å²) in [6, 6.07) is 23.2. The lowest BCUT2D eigenvalue weighted by Crippen LogP contribution is -2.32. The van der Waals surface area contributed by atoms with Crippen LogP contribution in [-0.2, 0) is 25.0 Å². The molecule has 0 bridgehead atoms. The van der Waals surface area contributed by atoms with Gasteiger partial charge in [0.15, 0.2) is 0 Å². The molecule has 1 N–H and O–H groups in total. The number of rotatable bonds is 7. The molecule has 0 radical (unpaired) electrons. The minimum absolute atomic E-state index is 0.0278. The number of aliphatic hydroxyl groups excluding tert-OH is 1. The van der Waals surface area contributed by atoms with Gasteiger partial charge in [0.1, 0.15) is 11.4 Å². The van der Waals surface area contributed by atoms with E-state index < -0.39 is 0 Å². The van der Waals surface area contributed by atoms with Crippen LogP contribution >= 0.6 is 0 Å². The molecule has 204 valence electrons. The molecule has 0 amide bonds. The third-order valence-corrected chi connectivity index (χ3v) is 7.48. The van der Waals surface area contributed by atoms with Gasteiger partial charge >= 0.3 is 0 Å². The minimum atomic E-state index is 0.0278. The molecule has 1 aliphatic heterocycles. The largest absolute Gasteiger partial charge is 0.491 e. The van der Waals surface area contributed by atoms with Crippen LogP contribution in [0.4, 0.5) is 5.69 Å². The van der Waals surface area contributed by atoms with Crippen LogP contribution in [0.3, 0.4) is 0 Å². The summed E-state index contributed by atoms with van der Waals surface area (Å²) in [7, 11) is 0. The number of fused-ring (bicyclic) bond motifs is 1. The smallest absolute Gasteiger partial charge is 0.145 e. The number of benzene rings is 3. The molecule has 5 rings (SSSR count). The molecule has 5 nitrogen and oxygen atoms in total. The second kappa shape index (κ2) is 10.9. The second-order valence-corrected chi connectivity index (χ2v) is 12.1. The first-order valence-corrected chi connectivity index (χ1v) is 14.1. The van der Waals surface area contributed by atoms with Crippen molar-refractivity contribution in [1.29, 1.82) is 0 Å². The van der Waals surface area contributed by atoms with E-state index in [1.54, 1.807) is 0 Å². The highest BCUT2D eigenvalue weighted by atomic mass is 16.5. The van der Waals surface area contributed by atoms with Crippen LogP contribution in [0.25, 0.3) is 16.9 Å². The average molecular weight is 524 g/mol. The summed E-state index contributed by atoms with van der Waals surface area (Å²) in [5.74, 6) is 1.28. The Bertz CT molecular complexity index is 1440. The molecule has 0 spiro atoms. The average Bonchev–Trinajstić information content (AvgIpc) is 3.29. The van der Waals surface area contributed by atoms with Gasteiger partial charge in [-0.2, -0.15) is 5.10 Å². The van der Waals surface area contributed by atoms with Crippen molar-refractivity contribution < 1.29 is 9.84 Å². The zero-order valence-corrected chi connectivity index (χ0v) is 24.2. The van der Waals surface area contributed by atoms with Crippen molar-refractivity contribution in [3.05, 3.63) is 94.7 Å². The molecule has 0 saturated heterocycles. The SMILES string of the molecule is Cc1cccc(OCC(C)C)c1-n1nc2c(c1-c1ccc(CO)cc1)CN(c1ccccc1C(C)(C)C)CC2. The first-order chi connectivity index (χ1) is 18.7. The lowest BCUT2D eigenvalue weighted by Gasteiger charge is -2.34. The number of anilines is 1. The van der Waals surface area contributed by atoms with E-state index in [9.17, 15) is 5.11 Å². The molecule has 3 aromatic carbocycles. The number of hydrogen-bond donors (Lipinski definition) is 1. The Morgan fingerprint density at radius 2 is 1.72 bits per heavy atom. The van der Waals surface area contributed by atoms with Gasteiger partial charge in [-0.05, 0) is 47.1 Å². The molecule has 0 aliphatic carbocycles. The van der Waals surface area contributed by atoms with Gasteiger partial charge in [-0.15, -0.1) is 0 Å². The third-order valence-electron chi connectivity index (χ3n) is 7.48. The van der Waals surface area contributed by atoms with Crippen LogP contribution < -0.4 is 9.64 Å². The van der Waals surface area contributed by atoms with Crippen molar-refractivity contribution in [3.8, 4) is 22.7 Å². The molecule has 5 heteroatoms. The summed E-state index contributed by atoms with van der Waals surface area (Å²) >= 11 is 0. The predicted molar refractivity (Wildman–Crippen MR) is 160 cm³/mol. The molecule has 39 heavy (non-hydrogen) atoms. The van der Waals surface area contributed by atoms with Crippen LogP contribution in [0.2, 0.25) is 0 Å². The van der Waals surface area contributed by atoms with Gasteiger partial charge in [-0.25, -0.2) is 4.68 Å². The topological polar surface area (TPSA) is 50.5 Å². The highest BCUT2D eigenvalue weighted by Crippen LogP contribution is 2.40. The number of ether oxygens (including phenoxy) is 1. The summed E-state index contributed by atoms with van der Waals surface area (Å²) in [5, 5.41) is 14.9. The Labute approximate surface area is 233 Å². The molecule has 0 fully saturated rings. The number of aliphatic hydroxyl groups is 1. The Morgan fingerprint density at radius 1 is 0.974 bits per heavy atom. The summed E-state index contributed by atoms with van der Waals surface area (Å²) in [6.45, 7) is 15.7. The molecule has 0 saturated carbocycles. The zero-order valence-electron chi connectivity index (χ0n) is 24.2. The predicted octanol–water partition coefficient (Wildman–Crippen LogP) is 7.24. The van der Waals surface area contributed by atoms with Gasteiger partial charge in [-0.1, -0.05) is 89.2 Å². The fourth-order valence-electron chi connectivity index (χ4n) is 5.47. The summed E-state index contributed by atoms with van der Waals surface area (Å²) in [4.78, 5) is 2.51. The lowest BCUT2D eigenvalue weighted by atomic mass is 9.85. The van der Waals surface area contributed by atoms with E-state index in [0.29, 0.717) is 12.5 Å². The van der Waals surface area contributed by atoms with Crippen LogP contribution in [0, 0.1) is 12.8 Å². The highest BCUT2D eigenvalue weighted by Gasteiger charge is 2.30. The van der Waals surface area contributed by atoms with E-state index in [1.165, 1.54) is 16.8 Å². The van der Waals surface area contributed by atoms with Gasteiger partial charge in [0.25, 0.3) is 0 Å². The minimum Gasteiger partial charge on any atom is -0.491 e. The number of aryl methyl sites for hydroxylation is 1. The van der Waals surface area contributed by atoms with E-state index in [4.69, 9.17) is 9.84 Å². The number of hydrogen-bond acceptors (Lipinski definition) is 4.